The number of fused-ring (bicyclic) bond motifs is 5. The van der Waals surface area contributed by atoms with Gasteiger partial charge < -0.3 is 5.11 Å². The van der Waals surface area contributed by atoms with Crippen LogP contribution in [0.1, 0.15) is 72.1 Å². The van der Waals surface area contributed by atoms with Gasteiger partial charge in [0.15, 0.2) is 5.78 Å². The molecule has 0 aliphatic heterocycles. The van der Waals surface area contributed by atoms with Gasteiger partial charge in [-0.2, -0.15) is 0 Å². The first-order valence-electron chi connectivity index (χ1n) is 9.24. The average Bonchev–Trinajstić information content (AvgIpc) is 2.70. The molecule has 0 heterocycles. The van der Waals surface area contributed by atoms with Crippen molar-refractivity contribution in [2.24, 2.45) is 28.6 Å². The number of carbonyl (C=O) groups is 1. The molecule has 0 aromatic carbocycles. The van der Waals surface area contributed by atoms with Gasteiger partial charge in [-0.1, -0.05) is 19.4 Å². The first kappa shape index (κ1) is 18.1. The topological polar surface area (TPSA) is 37.3 Å². The van der Waals surface area contributed by atoms with Crippen LogP contribution in [-0.4, -0.2) is 43.8 Å². The van der Waals surface area contributed by atoms with E-state index in [2.05, 4.69) is 20.8 Å². The molecule has 3 heteroatoms. The van der Waals surface area contributed by atoms with Crippen molar-refractivity contribution in [1.82, 2.24) is 0 Å². The monoisotopic (exact) mass is 512 g/mol. The third-order valence-electron chi connectivity index (χ3n) is 8.52. The molecule has 0 spiro atoms. The molecule has 2 nitrogen and oxygen atoms in total. The summed E-state index contributed by atoms with van der Waals surface area (Å²) >= 11 is 0. The van der Waals surface area contributed by atoms with Crippen LogP contribution >= 0.6 is 0 Å². The molecule has 0 saturated heterocycles. The van der Waals surface area contributed by atoms with Crippen LogP contribution in [0, 0.1) is 28.6 Å². The molecule has 3 fully saturated rings. The van der Waals surface area contributed by atoms with E-state index in [0.717, 1.165) is 43.9 Å². The number of hydrogen-bond acceptors (Lipinski definition) is 2. The van der Waals surface area contributed by atoms with E-state index >= 15 is 0 Å². The summed E-state index contributed by atoms with van der Waals surface area (Å²) in [6.07, 6.45) is 10.7. The third-order valence-corrected chi connectivity index (χ3v) is 8.52. The molecule has 0 aromatic rings. The van der Waals surface area contributed by atoms with Crippen molar-refractivity contribution >= 4 is 33.1 Å². The Bertz CT molecular complexity index is 552. The molecule has 0 bridgehead atoms. The summed E-state index contributed by atoms with van der Waals surface area (Å²) in [5.74, 6) is 2.50. The van der Waals surface area contributed by atoms with Crippen LogP contribution in [0.2, 0.25) is 0 Å². The maximum atomic E-state index is 11.8. The van der Waals surface area contributed by atoms with Gasteiger partial charge >= 0.3 is 27.3 Å². The quantitative estimate of drug-likeness (QED) is 0.507. The van der Waals surface area contributed by atoms with Crippen molar-refractivity contribution in [3.8, 4) is 0 Å². The summed E-state index contributed by atoms with van der Waals surface area (Å²) in [5.41, 5.74) is 1.32. The molecule has 2 radical (unpaired) electrons. The van der Waals surface area contributed by atoms with Crippen LogP contribution in [0.5, 0.6) is 0 Å². The predicted octanol–water partition coefficient (Wildman–Crippen LogP) is 3.35. The van der Waals surface area contributed by atoms with Gasteiger partial charge in [0.05, 0.1) is 5.60 Å². The van der Waals surface area contributed by atoms with Crippen LogP contribution in [0.15, 0.2) is 11.6 Å². The van der Waals surface area contributed by atoms with Crippen LogP contribution in [0.25, 0.3) is 0 Å². The molecular weight excluding hydrogens is 479 g/mol. The maximum absolute atomic E-state index is 11.8. The molecule has 4 rings (SSSR count). The number of rotatable bonds is 0. The molecule has 1 N–H and O–H groups in total. The van der Waals surface area contributed by atoms with Crippen molar-refractivity contribution in [1.29, 1.82) is 0 Å². The van der Waals surface area contributed by atoms with Gasteiger partial charge in [0, 0.05) is 6.42 Å². The normalized spacial score (nSPS) is 51.9. The van der Waals surface area contributed by atoms with E-state index in [9.17, 15) is 9.90 Å². The van der Waals surface area contributed by atoms with Crippen LogP contribution in [0.3, 0.4) is 0 Å². The first-order valence-corrected chi connectivity index (χ1v) is 9.24. The van der Waals surface area contributed by atoms with E-state index in [1.165, 1.54) is 24.8 Å². The molecule has 0 unspecified atom stereocenters. The molecular formula is C20H32O2Pb. The van der Waals surface area contributed by atoms with Crippen molar-refractivity contribution in [2.75, 3.05) is 0 Å². The molecule has 4 aliphatic rings. The standard InChI is InChI=1S/C20H30O2.Pb.2H/c1-18-9-6-14(21)12-13(18)4-5-15-16(18)7-10-19(2)17(15)8-11-20(19,3)22;;;/h12,15-17,22H,4-11H2,1-3H3;;;/t15-,16+,17+,18+,19+,20+;;;/m1.../s1. The second-order valence-electron chi connectivity index (χ2n) is 9.24. The summed E-state index contributed by atoms with van der Waals surface area (Å²) < 4.78 is 0. The fourth-order valence-electron chi connectivity index (χ4n) is 6.80. The van der Waals surface area contributed by atoms with E-state index in [4.69, 9.17) is 0 Å². The number of ketones is 1. The van der Waals surface area contributed by atoms with Gasteiger partial charge in [0.1, 0.15) is 0 Å². The van der Waals surface area contributed by atoms with Gasteiger partial charge in [-0.15, -0.1) is 0 Å². The van der Waals surface area contributed by atoms with Gasteiger partial charge in [0.25, 0.3) is 0 Å². The number of carbonyl (C=O) groups excluding carboxylic acids is 1. The van der Waals surface area contributed by atoms with Gasteiger partial charge in [-0.05, 0) is 86.5 Å². The Morgan fingerprint density at radius 1 is 1.00 bits per heavy atom. The predicted molar refractivity (Wildman–Crippen MR) is 95.9 cm³/mol. The summed E-state index contributed by atoms with van der Waals surface area (Å²) in [6, 6.07) is 0. The average molecular weight is 512 g/mol. The van der Waals surface area contributed by atoms with E-state index in [1.54, 1.807) is 0 Å². The fourth-order valence-corrected chi connectivity index (χ4v) is 6.80. The molecule has 23 heavy (non-hydrogen) atoms. The second-order valence-corrected chi connectivity index (χ2v) is 9.24. The Morgan fingerprint density at radius 2 is 1.70 bits per heavy atom. The molecule has 3 saturated carbocycles. The molecule has 4 aliphatic carbocycles. The van der Waals surface area contributed by atoms with Crippen LogP contribution in [0.4, 0.5) is 0 Å². The van der Waals surface area contributed by atoms with Crippen molar-refractivity contribution < 1.29 is 9.90 Å². The SMILES string of the molecule is C[C@]12CCC(=O)C=C1CC[C@@H]1[C@@H]2CC[C@@]2(C)[C@H]1CC[C@]2(C)O.[PbH2]. The van der Waals surface area contributed by atoms with Crippen molar-refractivity contribution in [3.63, 3.8) is 0 Å². The fraction of sp³-hybridized carbons (Fsp3) is 0.850. The van der Waals surface area contributed by atoms with E-state index < -0.39 is 5.60 Å². The second kappa shape index (κ2) is 5.65. The van der Waals surface area contributed by atoms with Crippen LogP contribution in [-0.2, 0) is 4.79 Å². The summed E-state index contributed by atoms with van der Waals surface area (Å²) in [4.78, 5) is 11.8. The zero-order chi connectivity index (χ0) is 15.8. The Balaban J connectivity index is 0.00000156. The Morgan fingerprint density at radius 3 is 2.43 bits per heavy atom. The third kappa shape index (κ3) is 2.37. The molecule has 6 atom stereocenters. The Kier molecular flexibility index (Phi) is 4.45. The summed E-state index contributed by atoms with van der Waals surface area (Å²) in [6.45, 7) is 6.85. The molecule has 128 valence electrons. The minimum absolute atomic E-state index is 0. The van der Waals surface area contributed by atoms with Crippen molar-refractivity contribution in [2.45, 2.75) is 77.7 Å². The first-order chi connectivity index (χ1) is 10.3. The van der Waals surface area contributed by atoms with Crippen LogP contribution < -0.4 is 0 Å². The Hall–Kier alpha value is 0.292. The number of hydrogen-bond donors (Lipinski definition) is 1. The minimum atomic E-state index is -0.484. The van der Waals surface area contributed by atoms with Gasteiger partial charge in [0.2, 0.25) is 0 Å². The Labute approximate surface area is 160 Å². The van der Waals surface area contributed by atoms with Gasteiger partial charge in [-0.25, -0.2) is 0 Å². The van der Waals surface area contributed by atoms with Crippen molar-refractivity contribution in [3.05, 3.63) is 11.6 Å². The molecule has 0 amide bonds. The zero-order valence-corrected chi connectivity index (χ0v) is 20.5. The van der Waals surface area contributed by atoms with E-state index in [1.807, 2.05) is 6.08 Å². The number of aliphatic hydroxyl groups is 1. The van der Waals surface area contributed by atoms with E-state index in [-0.39, 0.29) is 38.1 Å². The zero-order valence-electron chi connectivity index (χ0n) is 15.0. The number of allylic oxidation sites excluding steroid dienone is 1. The van der Waals surface area contributed by atoms with Gasteiger partial charge in [-0.3, -0.25) is 4.79 Å². The van der Waals surface area contributed by atoms with E-state index in [0.29, 0.717) is 11.7 Å². The molecule has 0 aromatic heterocycles. The summed E-state index contributed by atoms with van der Waals surface area (Å²) in [5, 5.41) is 10.9. The summed E-state index contributed by atoms with van der Waals surface area (Å²) in [7, 11) is 0.